The topological polar surface area (TPSA) is 70.6 Å². The molecule has 5 nitrogen and oxygen atoms in total. The van der Waals surface area contributed by atoms with Crippen LogP contribution in [0.3, 0.4) is 0 Å². The van der Waals surface area contributed by atoms with E-state index in [0.717, 1.165) is 5.56 Å². The minimum absolute atomic E-state index is 0.267. The minimum atomic E-state index is -0.704. The Hall–Kier alpha value is -1.59. The lowest BCUT2D eigenvalue weighted by atomic mass is 10.0. The normalized spacial score (nSPS) is 14.4. The Kier molecular flexibility index (Phi) is 7.52. The zero-order valence-corrected chi connectivity index (χ0v) is 14.8. The summed E-state index contributed by atoms with van der Waals surface area (Å²) in [5.41, 5.74) is 0.486. The van der Waals surface area contributed by atoms with Gasteiger partial charge in [0.2, 0.25) is 0 Å². The SMILES string of the molecule is CC(C)NC[C@@H](O)[C@H](Cc1ccccc1)NC(=O)OC(C)(C)C. The van der Waals surface area contributed by atoms with Crippen LogP contribution >= 0.6 is 0 Å². The predicted molar refractivity (Wildman–Crippen MR) is 92.4 cm³/mol. The minimum Gasteiger partial charge on any atom is -0.444 e. The number of aliphatic hydroxyl groups excluding tert-OH is 1. The molecule has 0 saturated carbocycles. The second-order valence-corrected chi connectivity index (χ2v) is 7.07. The van der Waals surface area contributed by atoms with E-state index in [-0.39, 0.29) is 6.04 Å². The Labute approximate surface area is 139 Å². The maximum atomic E-state index is 12.0. The van der Waals surface area contributed by atoms with Crippen molar-refractivity contribution in [3.63, 3.8) is 0 Å². The van der Waals surface area contributed by atoms with Gasteiger partial charge in [0.15, 0.2) is 0 Å². The first-order chi connectivity index (χ1) is 10.7. The highest BCUT2D eigenvalue weighted by molar-refractivity contribution is 5.68. The Morgan fingerprint density at radius 1 is 1.22 bits per heavy atom. The van der Waals surface area contributed by atoms with Crippen molar-refractivity contribution >= 4 is 6.09 Å². The van der Waals surface area contributed by atoms with Crippen LogP contribution in [0.5, 0.6) is 0 Å². The van der Waals surface area contributed by atoms with Gasteiger partial charge in [-0.3, -0.25) is 0 Å². The van der Waals surface area contributed by atoms with Gasteiger partial charge in [0.05, 0.1) is 12.1 Å². The number of amides is 1. The van der Waals surface area contributed by atoms with Crippen molar-refractivity contribution in [3.8, 4) is 0 Å². The van der Waals surface area contributed by atoms with Crippen molar-refractivity contribution in [2.24, 2.45) is 0 Å². The van der Waals surface area contributed by atoms with Gasteiger partial charge < -0.3 is 20.5 Å². The summed E-state index contributed by atoms with van der Waals surface area (Å²) in [4.78, 5) is 12.0. The first kappa shape index (κ1) is 19.5. The molecule has 3 N–H and O–H groups in total. The Morgan fingerprint density at radius 3 is 2.35 bits per heavy atom. The van der Waals surface area contributed by atoms with E-state index in [2.05, 4.69) is 10.6 Å². The van der Waals surface area contributed by atoms with Gasteiger partial charge in [0.25, 0.3) is 0 Å². The van der Waals surface area contributed by atoms with Crippen LogP contribution in [0, 0.1) is 0 Å². The fourth-order valence-corrected chi connectivity index (χ4v) is 2.11. The molecule has 1 aromatic rings. The van der Waals surface area contributed by atoms with Gasteiger partial charge in [-0.1, -0.05) is 44.2 Å². The Morgan fingerprint density at radius 2 is 1.83 bits per heavy atom. The lowest BCUT2D eigenvalue weighted by Crippen LogP contribution is -2.50. The van der Waals surface area contributed by atoms with Gasteiger partial charge in [0, 0.05) is 12.6 Å². The highest BCUT2D eigenvalue weighted by Crippen LogP contribution is 2.10. The average molecular weight is 322 g/mol. The van der Waals surface area contributed by atoms with Crippen molar-refractivity contribution in [2.45, 2.75) is 64.8 Å². The number of ether oxygens (including phenoxy) is 1. The van der Waals surface area contributed by atoms with Crippen LogP contribution in [0.1, 0.15) is 40.2 Å². The number of rotatable bonds is 7. The van der Waals surface area contributed by atoms with E-state index in [1.165, 1.54) is 0 Å². The standard InChI is InChI=1S/C18H30N2O3/c1-13(2)19-12-16(21)15(11-14-9-7-6-8-10-14)20-17(22)23-18(3,4)5/h6-10,13,15-16,19,21H,11-12H2,1-5H3,(H,20,22)/t15-,16+/m0/s1. The molecule has 1 rings (SSSR count). The Bertz CT molecular complexity index is 469. The summed E-state index contributed by atoms with van der Waals surface area (Å²) >= 11 is 0. The first-order valence-electron chi connectivity index (χ1n) is 8.12. The van der Waals surface area contributed by atoms with Crippen molar-refractivity contribution in [1.29, 1.82) is 0 Å². The summed E-state index contributed by atoms with van der Waals surface area (Å²) in [5, 5.41) is 16.4. The molecule has 0 unspecified atom stereocenters. The summed E-state index contributed by atoms with van der Waals surface area (Å²) in [6.07, 6.45) is -0.673. The summed E-state index contributed by atoms with van der Waals surface area (Å²) in [6, 6.07) is 9.63. The van der Waals surface area contributed by atoms with E-state index in [4.69, 9.17) is 4.74 Å². The molecule has 0 aliphatic carbocycles. The van der Waals surface area contributed by atoms with Gasteiger partial charge in [-0.25, -0.2) is 4.79 Å². The molecule has 0 aliphatic heterocycles. The van der Waals surface area contributed by atoms with E-state index in [1.54, 1.807) is 0 Å². The van der Waals surface area contributed by atoms with Crippen molar-refractivity contribution in [1.82, 2.24) is 10.6 Å². The van der Waals surface area contributed by atoms with Crippen molar-refractivity contribution in [2.75, 3.05) is 6.54 Å². The van der Waals surface area contributed by atoms with Crippen molar-refractivity contribution < 1.29 is 14.6 Å². The van der Waals surface area contributed by atoms with Gasteiger partial charge in [-0.05, 0) is 32.8 Å². The van der Waals surface area contributed by atoms with E-state index in [9.17, 15) is 9.90 Å². The van der Waals surface area contributed by atoms with Crippen LogP contribution in [0.25, 0.3) is 0 Å². The molecule has 0 aromatic heterocycles. The molecule has 0 spiro atoms. The highest BCUT2D eigenvalue weighted by atomic mass is 16.6. The highest BCUT2D eigenvalue weighted by Gasteiger charge is 2.25. The van der Waals surface area contributed by atoms with Gasteiger partial charge in [0.1, 0.15) is 5.60 Å². The molecule has 0 heterocycles. The first-order valence-corrected chi connectivity index (χ1v) is 8.12. The third kappa shape index (κ3) is 8.57. The van der Waals surface area contributed by atoms with E-state index in [0.29, 0.717) is 13.0 Å². The number of alkyl carbamates (subject to hydrolysis) is 1. The predicted octanol–water partition coefficient (Wildman–Crippen LogP) is 2.48. The fourth-order valence-electron chi connectivity index (χ4n) is 2.11. The van der Waals surface area contributed by atoms with Gasteiger partial charge >= 0.3 is 6.09 Å². The van der Waals surface area contributed by atoms with Crippen LogP contribution < -0.4 is 10.6 Å². The summed E-state index contributed by atoms with van der Waals surface area (Å²) in [5.74, 6) is 0. The quantitative estimate of drug-likeness (QED) is 0.721. The summed E-state index contributed by atoms with van der Waals surface area (Å²) in [6.45, 7) is 9.88. The Balaban J connectivity index is 2.73. The van der Waals surface area contributed by atoms with E-state index in [1.807, 2.05) is 65.0 Å². The van der Waals surface area contributed by atoms with Gasteiger partial charge in [-0.15, -0.1) is 0 Å². The van der Waals surface area contributed by atoms with Crippen molar-refractivity contribution in [3.05, 3.63) is 35.9 Å². The van der Waals surface area contributed by atoms with Crippen LogP contribution in [0.15, 0.2) is 30.3 Å². The molecule has 0 radical (unpaired) electrons. The number of hydrogen-bond acceptors (Lipinski definition) is 4. The summed E-state index contributed by atoms with van der Waals surface area (Å²) < 4.78 is 5.30. The van der Waals surface area contributed by atoms with E-state index >= 15 is 0 Å². The number of carbonyl (C=O) groups is 1. The molecule has 0 fully saturated rings. The maximum Gasteiger partial charge on any atom is 0.407 e. The van der Waals surface area contributed by atoms with Crippen LogP contribution in [-0.4, -0.2) is 41.5 Å². The van der Waals surface area contributed by atoms with Crippen LogP contribution in [-0.2, 0) is 11.2 Å². The zero-order valence-electron chi connectivity index (χ0n) is 14.8. The number of carbonyl (C=O) groups excluding carboxylic acids is 1. The molecule has 2 atom stereocenters. The smallest absolute Gasteiger partial charge is 0.407 e. The lowest BCUT2D eigenvalue weighted by Gasteiger charge is -2.27. The molecule has 23 heavy (non-hydrogen) atoms. The second kappa shape index (κ2) is 8.89. The molecule has 0 bridgehead atoms. The molecule has 0 saturated heterocycles. The zero-order chi connectivity index (χ0) is 17.5. The molecular formula is C18H30N2O3. The second-order valence-electron chi connectivity index (χ2n) is 7.07. The van der Waals surface area contributed by atoms with Crippen LogP contribution in [0.2, 0.25) is 0 Å². The molecular weight excluding hydrogens is 292 g/mol. The lowest BCUT2D eigenvalue weighted by molar-refractivity contribution is 0.0421. The number of aliphatic hydroxyl groups is 1. The summed E-state index contributed by atoms with van der Waals surface area (Å²) in [7, 11) is 0. The number of hydrogen-bond donors (Lipinski definition) is 3. The molecule has 130 valence electrons. The third-order valence-corrected chi connectivity index (χ3v) is 3.20. The third-order valence-electron chi connectivity index (χ3n) is 3.20. The largest absolute Gasteiger partial charge is 0.444 e. The van der Waals surface area contributed by atoms with Gasteiger partial charge in [-0.2, -0.15) is 0 Å². The molecule has 5 heteroatoms. The van der Waals surface area contributed by atoms with Crippen LogP contribution in [0.4, 0.5) is 4.79 Å². The number of benzene rings is 1. The molecule has 1 aromatic carbocycles. The fraction of sp³-hybridized carbons (Fsp3) is 0.611. The maximum absolute atomic E-state index is 12.0. The molecule has 0 aliphatic rings. The average Bonchev–Trinajstić information content (AvgIpc) is 2.43. The number of nitrogens with one attached hydrogen (secondary N) is 2. The monoisotopic (exact) mass is 322 g/mol. The van der Waals surface area contributed by atoms with E-state index < -0.39 is 23.8 Å². The molecule has 1 amide bonds.